The lowest BCUT2D eigenvalue weighted by atomic mass is 10.2. The molecule has 0 saturated carbocycles. The fraction of sp³-hybridized carbons (Fsp3) is 0.105. The number of rotatable bonds is 5. The Morgan fingerprint density at radius 3 is 2.85 bits per heavy atom. The number of fused-ring (bicyclic) bond motifs is 1. The van der Waals surface area contributed by atoms with E-state index in [1.165, 1.54) is 11.3 Å². The zero-order valence-electron chi connectivity index (χ0n) is 14.0. The van der Waals surface area contributed by atoms with Gasteiger partial charge in [-0.1, -0.05) is 29.5 Å². The van der Waals surface area contributed by atoms with Gasteiger partial charge in [-0.2, -0.15) is 0 Å². The average Bonchev–Trinajstić information content (AvgIpc) is 3.35. The molecule has 26 heavy (non-hydrogen) atoms. The lowest BCUT2D eigenvalue weighted by molar-refractivity contribution is 0.0989. The molecule has 0 saturated heterocycles. The Balaban J connectivity index is 1.78. The number of anilines is 1. The molecule has 0 aliphatic rings. The molecule has 0 fully saturated rings. The van der Waals surface area contributed by atoms with E-state index >= 15 is 0 Å². The molecule has 3 aromatic heterocycles. The number of carbonyl (C=O) groups is 1. The molecule has 3 heterocycles. The number of hydrogen-bond donors (Lipinski definition) is 0. The van der Waals surface area contributed by atoms with E-state index < -0.39 is 0 Å². The van der Waals surface area contributed by atoms with Crippen molar-refractivity contribution in [2.45, 2.75) is 11.4 Å². The van der Waals surface area contributed by atoms with E-state index in [0.29, 0.717) is 16.6 Å². The van der Waals surface area contributed by atoms with Gasteiger partial charge < -0.3 is 0 Å². The van der Waals surface area contributed by atoms with Crippen LogP contribution < -0.4 is 4.90 Å². The summed E-state index contributed by atoms with van der Waals surface area (Å²) in [4.78, 5) is 25.7. The lowest BCUT2D eigenvalue weighted by Crippen LogP contribution is -2.29. The maximum absolute atomic E-state index is 13.1. The van der Waals surface area contributed by atoms with E-state index in [9.17, 15) is 4.79 Å². The van der Waals surface area contributed by atoms with Gasteiger partial charge in [-0.25, -0.2) is 4.98 Å². The van der Waals surface area contributed by atoms with Crippen LogP contribution in [0.15, 0.2) is 65.1 Å². The molecule has 0 unspecified atom stereocenters. The van der Waals surface area contributed by atoms with Crippen LogP contribution in [0.25, 0.3) is 10.2 Å². The summed E-state index contributed by atoms with van der Waals surface area (Å²) >= 11 is 4.66. The van der Waals surface area contributed by atoms with Crippen LogP contribution in [0.1, 0.15) is 15.2 Å². The van der Waals surface area contributed by atoms with Crippen molar-refractivity contribution in [2.24, 2.45) is 0 Å². The largest absolute Gasteiger partial charge is 0.279 e. The first kappa shape index (κ1) is 17.2. The Morgan fingerprint density at radius 1 is 1.19 bits per heavy atom. The van der Waals surface area contributed by atoms with Crippen LogP contribution in [-0.4, -0.2) is 22.1 Å². The van der Waals surface area contributed by atoms with E-state index in [0.717, 1.165) is 20.7 Å². The summed E-state index contributed by atoms with van der Waals surface area (Å²) in [7, 11) is 0. The molecule has 7 heteroatoms. The monoisotopic (exact) mass is 397 g/mol. The number of carbonyl (C=O) groups excluding carboxylic acids is 1. The number of benzene rings is 1. The topological polar surface area (TPSA) is 46.1 Å². The summed E-state index contributed by atoms with van der Waals surface area (Å²) in [6.45, 7) is 0.443. The first-order chi connectivity index (χ1) is 12.8. The molecule has 0 radical (unpaired) electrons. The number of nitrogens with zero attached hydrogens (tertiary/aromatic N) is 3. The molecule has 0 spiro atoms. The quantitative estimate of drug-likeness (QED) is 0.428. The predicted molar refractivity (Wildman–Crippen MR) is 110 cm³/mol. The van der Waals surface area contributed by atoms with Crippen molar-refractivity contribution in [3.63, 3.8) is 0 Å². The highest BCUT2D eigenvalue weighted by molar-refractivity contribution is 7.98. The number of hydrogen-bond acceptors (Lipinski definition) is 6. The van der Waals surface area contributed by atoms with Gasteiger partial charge in [0.15, 0.2) is 5.13 Å². The van der Waals surface area contributed by atoms with Gasteiger partial charge in [0.1, 0.15) is 0 Å². The third-order valence-corrected chi connectivity index (χ3v) is 6.53. The molecule has 130 valence electrons. The van der Waals surface area contributed by atoms with E-state index in [1.54, 1.807) is 40.4 Å². The minimum atomic E-state index is -0.0337. The van der Waals surface area contributed by atoms with E-state index in [4.69, 9.17) is 4.98 Å². The van der Waals surface area contributed by atoms with Crippen molar-refractivity contribution in [3.05, 3.63) is 70.7 Å². The van der Waals surface area contributed by atoms with Gasteiger partial charge in [-0.3, -0.25) is 14.7 Å². The molecular weight excluding hydrogens is 382 g/mol. The summed E-state index contributed by atoms with van der Waals surface area (Å²) in [5, 5.41) is 2.63. The Morgan fingerprint density at radius 2 is 2.12 bits per heavy atom. The fourth-order valence-electron chi connectivity index (χ4n) is 2.63. The highest BCUT2D eigenvalue weighted by atomic mass is 32.2. The Hall–Kier alpha value is -2.22. The standard InChI is InChI=1S/C19H15N3OS3/c1-24-14-6-2-7-15-17(14)21-19(26-15)22(12-13-5-3-9-20-11-13)18(23)16-8-4-10-25-16/h2-11H,12H2,1H3. The average molecular weight is 398 g/mol. The van der Waals surface area contributed by atoms with Crippen molar-refractivity contribution >= 4 is 55.7 Å². The van der Waals surface area contributed by atoms with Crippen LogP contribution in [0.4, 0.5) is 5.13 Å². The normalized spacial score (nSPS) is 11.0. The molecule has 1 aromatic carbocycles. The molecule has 4 aromatic rings. The van der Waals surface area contributed by atoms with E-state index in [1.807, 2.05) is 48.0 Å². The van der Waals surface area contributed by atoms with Crippen molar-refractivity contribution in [2.75, 3.05) is 11.2 Å². The number of amides is 1. The SMILES string of the molecule is CSc1cccc2sc(N(Cc3cccnc3)C(=O)c3cccs3)nc12. The molecule has 1 amide bonds. The first-order valence-corrected chi connectivity index (χ1v) is 10.9. The van der Waals surface area contributed by atoms with Crippen molar-refractivity contribution in [1.82, 2.24) is 9.97 Å². The molecule has 0 aliphatic heterocycles. The number of thioether (sulfide) groups is 1. The number of thiophene rings is 1. The lowest BCUT2D eigenvalue weighted by Gasteiger charge is -2.19. The molecule has 4 nitrogen and oxygen atoms in total. The molecule has 0 aliphatic carbocycles. The Bertz CT molecular complexity index is 1030. The summed E-state index contributed by atoms with van der Waals surface area (Å²) in [5.74, 6) is -0.0337. The van der Waals surface area contributed by atoms with Crippen LogP contribution in [0, 0.1) is 0 Å². The second-order valence-electron chi connectivity index (χ2n) is 5.53. The number of pyridine rings is 1. The van der Waals surface area contributed by atoms with Crippen LogP contribution in [-0.2, 0) is 6.54 Å². The molecule has 4 rings (SSSR count). The minimum absolute atomic E-state index is 0.0337. The zero-order chi connectivity index (χ0) is 17.9. The van der Waals surface area contributed by atoms with Crippen LogP contribution in [0.5, 0.6) is 0 Å². The van der Waals surface area contributed by atoms with Gasteiger partial charge in [0, 0.05) is 17.3 Å². The van der Waals surface area contributed by atoms with E-state index in [-0.39, 0.29) is 5.91 Å². The Labute approximate surface area is 163 Å². The molecular formula is C19H15N3OS3. The van der Waals surface area contributed by atoms with Crippen LogP contribution >= 0.6 is 34.4 Å². The summed E-state index contributed by atoms with van der Waals surface area (Å²) in [5.41, 5.74) is 1.93. The van der Waals surface area contributed by atoms with Gasteiger partial charge in [-0.05, 0) is 41.5 Å². The maximum Gasteiger partial charge on any atom is 0.270 e. The van der Waals surface area contributed by atoms with Gasteiger partial charge in [-0.15, -0.1) is 23.1 Å². The second kappa shape index (κ2) is 7.57. The van der Waals surface area contributed by atoms with Gasteiger partial charge in [0.05, 0.1) is 21.6 Å². The number of aromatic nitrogens is 2. The Kier molecular flexibility index (Phi) is 5.01. The van der Waals surface area contributed by atoms with Gasteiger partial charge in [0.2, 0.25) is 0 Å². The van der Waals surface area contributed by atoms with Crippen molar-refractivity contribution in [3.8, 4) is 0 Å². The maximum atomic E-state index is 13.1. The fourth-order valence-corrected chi connectivity index (χ4v) is 4.92. The molecule has 0 N–H and O–H groups in total. The smallest absolute Gasteiger partial charge is 0.270 e. The number of para-hydroxylation sites is 1. The summed E-state index contributed by atoms with van der Waals surface area (Å²) in [6.07, 6.45) is 5.56. The highest BCUT2D eigenvalue weighted by Gasteiger charge is 2.23. The van der Waals surface area contributed by atoms with Crippen molar-refractivity contribution < 1.29 is 4.79 Å². The molecule has 0 bridgehead atoms. The van der Waals surface area contributed by atoms with Gasteiger partial charge >= 0.3 is 0 Å². The van der Waals surface area contributed by atoms with Crippen molar-refractivity contribution in [1.29, 1.82) is 0 Å². The number of thiazole rings is 1. The first-order valence-electron chi connectivity index (χ1n) is 7.94. The minimum Gasteiger partial charge on any atom is -0.279 e. The third-order valence-electron chi connectivity index (χ3n) is 3.86. The highest BCUT2D eigenvalue weighted by Crippen LogP contribution is 2.35. The van der Waals surface area contributed by atoms with Crippen LogP contribution in [0.2, 0.25) is 0 Å². The third kappa shape index (κ3) is 3.38. The predicted octanol–water partition coefficient (Wildman–Crippen LogP) is 5.32. The van der Waals surface area contributed by atoms with Gasteiger partial charge in [0.25, 0.3) is 5.91 Å². The zero-order valence-corrected chi connectivity index (χ0v) is 16.4. The van der Waals surface area contributed by atoms with E-state index in [2.05, 4.69) is 11.1 Å². The summed E-state index contributed by atoms with van der Waals surface area (Å²) < 4.78 is 1.09. The molecule has 0 atom stereocenters. The summed E-state index contributed by atoms with van der Waals surface area (Å²) in [6, 6.07) is 13.7. The van der Waals surface area contributed by atoms with Crippen LogP contribution in [0.3, 0.4) is 0 Å². The second-order valence-corrected chi connectivity index (χ2v) is 8.34.